The van der Waals surface area contributed by atoms with Crippen molar-refractivity contribution in [2.45, 2.75) is 31.1 Å². The number of aliphatic imine (C=N–C) groups is 1. The van der Waals surface area contributed by atoms with Gasteiger partial charge in [-0.05, 0) is 42.3 Å². The maximum Gasteiger partial charge on any atom is 0.262 e. The first-order chi connectivity index (χ1) is 19.0. The Kier molecular flexibility index (Phi) is 6.70. The molecule has 0 saturated heterocycles. The first-order valence-corrected chi connectivity index (χ1v) is 13.4. The van der Waals surface area contributed by atoms with Crippen LogP contribution in [0.1, 0.15) is 35.6 Å². The number of ether oxygens (including phenoxy) is 3. The molecule has 0 aliphatic carbocycles. The van der Waals surface area contributed by atoms with Crippen LogP contribution in [-0.4, -0.2) is 46.9 Å². The van der Waals surface area contributed by atoms with Crippen LogP contribution in [0, 0.1) is 6.92 Å². The van der Waals surface area contributed by atoms with Crippen molar-refractivity contribution >= 4 is 40.1 Å². The Labute approximate surface area is 229 Å². The van der Waals surface area contributed by atoms with Crippen LogP contribution in [0.2, 0.25) is 0 Å². The third kappa shape index (κ3) is 5.20. The largest absolute Gasteiger partial charge is 0.497 e. The van der Waals surface area contributed by atoms with Gasteiger partial charge in [0.1, 0.15) is 11.0 Å². The zero-order valence-corrected chi connectivity index (χ0v) is 22.2. The van der Waals surface area contributed by atoms with Crippen LogP contribution in [0.25, 0.3) is 0 Å². The predicted molar refractivity (Wildman–Crippen MR) is 150 cm³/mol. The number of hydrazone groups is 1. The van der Waals surface area contributed by atoms with Crippen LogP contribution in [0.5, 0.6) is 17.2 Å². The van der Waals surface area contributed by atoms with Crippen molar-refractivity contribution in [3.63, 3.8) is 0 Å². The average Bonchev–Trinajstić information content (AvgIpc) is 3.68. The Morgan fingerprint density at radius 3 is 2.62 bits per heavy atom. The lowest BCUT2D eigenvalue weighted by Gasteiger charge is -2.23. The van der Waals surface area contributed by atoms with E-state index < -0.39 is 5.25 Å². The molecule has 0 fully saturated rings. The van der Waals surface area contributed by atoms with Gasteiger partial charge in [-0.25, -0.2) is 5.01 Å². The molecule has 3 aliphatic rings. The van der Waals surface area contributed by atoms with Crippen molar-refractivity contribution in [3.8, 4) is 17.2 Å². The highest BCUT2D eigenvalue weighted by Gasteiger charge is 2.39. The summed E-state index contributed by atoms with van der Waals surface area (Å²) in [5, 5.41) is 9.42. The predicted octanol–water partition coefficient (Wildman–Crippen LogP) is 4.91. The van der Waals surface area contributed by atoms with Crippen molar-refractivity contribution in [2.75, 3.05) is 19.2 Å². The zero-order valence-electron chi connectivity index (χ0n) is 21.4. The molecule has 0 radical (unpaired) electrons. The van der Waals surface area contributed by atoms with Crippen molar-refractivity contribution in [1.82, 2.24) is 5.01 Å². The summed E-state index contributed by atoms with van der Waals surface area (Å²) in [6.07, 6.45) is 0.638. The van der Waals surface area contributed by atoms with Gasteiger partial charge in [-0.1, -0.05) is 53.7 Å². The number of amides is 2. The van der Waals surface area contributed by atoms with Crippen molar-refractivity contribution < 1.29 is 23.8 Å². The summed E-state index contributed by atoms with van der Waals surface area (Å²) in [7, 11) is 1.63. The van der Waals surface area contributed by atoms with E-state index in [2.05, 4.69) is 34.6 Å². The summed E-state index contributed by atoms with van der Waals surface area (Å²) in [4.78, 5) is 30.0. The normalized spacial score (nSPS) is 19.6. The fourth-order valence-electron chi connectivity index (χ4n) is 4.65. The minimum absolute atomic E-state index is 0.0134. The second kappa shape index (κ2) is 10.5. The molecule has 198 valence electrons. The van der Waals surface area contributed by atoms with E-state index in [-0.39, 0.29) is 31.1 Å². The molecule has 39 heavy (non-hydrogen) atoms. The molecule has 0 bridgehead atoms. The quantitative estimate of drug-likeness (QED) is 0.472. The van der Waals surface area contributed by atoms with Gasteiger partial charge in [0.2, 0.25) is 12.7 Å². The van der Waals surface area contributed by atoms with Gasteiger partial charge in [-0.3, -0.25) is 9.59 Å². The Morgan fingerprint density at radius 1 is 1.08 bits per heavy atom. The fraction of sp³-hybridized carbons (Fsp3) is 0.241. The second-order valence-corrected chi connectivity index (χ2v) is 10.6. The van der Waals surface area contributed by atoms with E-state index in [4.69, 9.17) is 19.3 Å². The third-order valence-corrected chi connectivity index (χ3v) is 7.89. The SMILES string of the molecule is COc1ccc([C@@H]2CC(c3ccc(C)cc3)=NN2C2=NC(=O)[C@H](CC(=O)Nc3ccc4c(c3)OCO4)S2)cc1. The van der Waals surface area contributed by atoms with E-state index in [1.54, 1.807) is 25.3 Å². The van der Waals surface area contributed by atoms with E-state index in [1.165, 1.54) is 17.3 Å². The molecular formula is C29H26N4O5S. The molecule has 0 unspecified atom stereocenters. The Morgan fingerprint density at radius 2 is 1.85 bits per heavy atom. The number of hydrogen-bond donors (Lipinski definition) is 1. The molecule has 0 saturated carbocycles. The molecule has 2 amide bonds. The van der Waals surface area contributed by atoms with Crippen LogP contribution in [0.15, 0.2) is 76.8 Å². The van der Waals surface area contributed by atoms with Crippen molar-refractivity contribution in [1.29, 1.82) is 0 Å². The summed E-state index contributed by atoms with van der Waals surface area (Å²) in [5.74, 6) is 1.34. The number of thioether (sulfide) groups is 1. The first-order valence-electron chi connectivity index (χ1n) is 12.5. The minimum atomic E-state index is -0.635. The number of amidine groups is 1. The van der Waals surface area contributed by atoms with Crippen molar-refractivity contribution in [3.05, 3.63) is 83.4 Å². The van der Waals surface area contributed by atoms with Crippen LogP contribution >= 0.6 is 11.8 Å². The number of carbonyl (C=O) groups excluding carboxylic acids is 2. The number of hydrogen-bond acceptors (Lipinski definition) is 8. The number of carbonyl (C=O) groups is 2. The number of rotatable bonds is 6. The fourth-order valence-corrected chi connectivity index (χ4v) is 5.71. The molecule has 3 heterocycles. The number of methoxy groups -OCH3 is 1. The molecule has 1 N–H and O–H groups in total. The van der Waals surface area contributed by atoms with Gasteiger partial charge < -0.3 is 19.5 Å². The standard InChI is InChI=1S/C29H26N4O5S/c1-17-3-5-18(6-4-17)22-14-23(19-7-10-21(36-2)11-8-19)33(32-22)29-31-28(35)26(39-29)15-27(34)30-20-9-12-24-25(13-20)38-16-37-24/h3-13,23,26H,14-16H2,1-2H3,(H,30,34)/t23-,26-/m0/s1. The van der Waals surface area contributed by atoms with Gasteiger partial charge >= 0.3 is 0 Å². The van der Waals surface area contributed by atoms with Crippen LogP contribution < -0.4 is 19.5 Å². The molecule has 10 heteroatoms. The molecule has 3 aromatic rings. The van der Waals surface area contributed by atoms with E-state index >= 15 is 0 Å². The molecule has 6 rings (SSSR count). The molecule has 2 atom stereocenters. The Bertz CT molecular complexity index is 1490. The third-order valence-electron chi connectivity index (χ3n) is 6.75. The number of nitrogens with zero attached hydrogens (tertiary/aromatic N) is 3. The lowest BCUT2D eigenvalue weighted by Crippen LogP contribution is -2.25. The average molecular weight is 543 g/mol. The van der Waals surface area contributed by atoms with Gasteiger partial charge in [0, 0.05) is 24.6 Å². The van der Waals surface area contributed by atoms with Gasteiger partial charge in [0.15, 0.2) is 16.7 Å². The molecule has 3 aromatic carbocycles. The maximum absolute atomic E-state index is 12.9. The lowest BCUT2D eigenvalue weighted by atomic mass is 9.98. The summed E-state index contributed by atoms with van der Waals surface area (Å²) >= 11 is 1.27. The van der Waals surface area contributed by atoms with Crippen LogP contribution in [0.4, 0.5) is 5.69 Å². The smallest absolute Gasteiger partial charge is 0.262 e. The van der Waals surface area contributed by atoms with Crippen LogP contribution in [-0.2, 0) is 9.59 Å². The highest BCUT2D eigenvalue weighted by Crippen LogP contribution is 2.39. The molecule has 0 aromatic heterocycles. The number of fused-ring (bicyclic) bond motifs is 1. The summed E-state index contributed by atoms with van der Waals surface area (Å²) < 4.78 is 16.0. The lowest BCUT2D eigenvalue weighted by molar-refractivity contribution is -0.121. The Balaban J connectivity index is 1.19. The number of anilines is 1. The summed E-state index contributed by atoms with van der Waals surface area (Å²) in [5.41, 5.74) is 4.71. The topological polar surface area (TPSA) is 102 Å². The summed E-state index contributed by atoms with van der Waals surface area (Å²) in [6, 6.07) is 21.1. The highest BCUT2D eigenvalue weighted by molar-refractivity contribution is 8.15. The van der Waals surface area contributed by atoms with E-state index in [0.717, 1.165) is 22.6 Å². The summed E-state index contributed by atoms with van der Waals surface area (Å²) in [6.45, 7) is 2.20. The minimum Gasteiger partial charge on any atom is -0.497 e. The zero-order chi connectivity index (χ0) is 26.9. The monoisotopic (exact) mass is 542 g/mol. The van der Waals surface area contributed by atoms with Gasteiger partial charge in [-0.15, -0.1) is 0 Å². The van der Waals surface area contributed by atoms with E-state index in [1.807, 2.05) is 36.2 Å². The maximum atomic E-state index is 12.9. The van der Waals surface area contributed by atoms with E-state index in [9.17, 15) is 9.59 Å². The molecule has 0 spiro atoms. The van der Waals surface area contributed by atoms with Crippen LogP contribution in [0.3, 0.4) is 0 Å². The molecule has 3 aliphatic heterocycles. The van der Waals surface area contributed by atoms with Crippen molar-refractivity contribution in [2.24, 2.45) is 10.1 Å². The van der Waals surface area contributed by atoms with Gasteiger partial charge in [0.05, 0.1) is 18.9 Å². The molecule has 9 nitrogen and oxygen atoms in total. The number of benzene rings is 3. The Hall–Kier alpha value is -4.31. The van der Waals surface area contributed by atoms with Gasteiger partial charge in [-0.2, -0.15) is 10.1 Å². The van der Waals surface area contributed by atoms with Gasteiger partial charge in [0.25, 0.3) is 5.91 Å². The first kappa shape index (κ1) is 25.0. The van der Waals surface area contributed by atoms with E-state index in [0.29, 0.717) is 28.8 Å². The second-order valence-electron chi connectivity index (χ2n) is 9.41. The number of aryl methyl sites for hydroxylation is 1. The number of nitrogens with one attached hydrogen (secondary N) is 1. The highest BCUT2D eigenvalue weighted by atomic mass is 32.2. The molecular weight excluding hydrogens is 516 g/mol.